The molecule has 1 saturated carbocycles. The van der Waals surface area contributed by atoms with Crippen molar-refractivity contribution in [3.8, 4) is 11.6 Å². The number of nitrogens with zero attached hydrogens (tertiary/aromatic N) is 2. The first-order chi connectivity index (χ1) is 12.1. The van der Waals surface area contributed by atoms with Gasteiger partial charge < -0.3 is 9.64 Å². The van der Waals surface area contributed by atoms with Gasteiger partial charge >= 0.3 is 0 Å². The lowest BCUT2D eigenvalue weighted by Crippen LogP contribution is -2.18. The quantitative estimate of drug-likeness (QED) is 0.628. The largest absolute Gasteiger partial charge is 0.439 e. The average molecular weight is 332 g/mol. The fourth-order valence-electron chi connectivity index (χ4n) is 2.93. The van der Waals surface area contributed by atoms with Gasteiger partial charge in [-0.1, -0.05) is 0 Å². The van der Waals surface area contributed by atoms with Gasteiger partial charge in [-0.2, -0.15) is 0 Å². The molecular weight excluding hydrogens is 312 g/mol. The van der Waals surface area contributed by atoms with Crippen LogP contribution in [0.4, 0.5) is 5.69 Å². The summed E-state index contributed by atoms with van der Waals surface area (Å²) in [5.41, 5.74) is 2.71. The molecular formula is C21H20N2O2. The van der Waals surface area contributed by atoms with Crippen molar-refractivity contribution >= 4 is 22.4 Å². The van der Waals surface area contributed by atoms with Gasteiger partial charge in [0.1, 0.15) is 5.75 Å². The number of carbonyl (C=O) groups is 1. The topological polar surface area (TPSA) is 42.4 Å². The van der Waals surface area contributed by atoms with Crippen LogP contribution >= 0.6 is 0 Å². The second-order valence-electron chi connectivity index (χ2n) is 6.55. The minimum atomic E-state index is 0.0541. The van der Waals surface area contributed by atoms with E-state index < -0.39 is 0 Å². The molecule has 1 aliphatic carbocycles. The smallest absolute Gasteiger partial charge is 0.219 e. The monoisotopic (exact) mass is 332 g/mol. The van der Waals surface area contributed by atoms with E-state index in [-0.39, 0.29) is 5.78 Å². The zero-order chi connectivity index (χ0) is 17.4. The van der Waals surface area contributed by atoms with Gasteiger partial charge in [0.15, 0.2) is 5.78 Å². The normalized spacial score (nSPS) is 13.7. The molecule has 4 nitrogen and oxygen atoms in total. The van der Waals surface area contributed by atoms with Gasteiger partial charge in [-0.05, 0) is 68.3 Å². The summed E-state index contributed by atoms with van der Waals surface area (Å²) in [6.07, 6.45) is 2.56. The summed E-state index contributed by atoms with van der Waals surface area (Å²) in [6.45, 7) is 1.57. The number of rotatable bonds is 5. The number of benzene rings is 2. The van der Waals surface area contributed by atoms with Crippen molar-refractivity contribution in [2.75, 3.05) is 11.9 Å². The fourth-order valence-corrected chi connectivity index (χ4v) is 2.93. The van der Waals surface area contributed by atoms with Crippen molar-refractivity contribution in [2.24, 2.45) is 0 Å². The Morgan fingerprint density at radius 1 is 1.08 bits per heavy atom. The minimum Gasteiger partial charge on any atom is -0.439 e. The van der Waals surface area contributed by atoms with E-state index in [4.69, 9.17) is 4.74 Å². The van der Waals surface area contributed by atoms with Crippen molar-refractivity contribution in [3.05, 3.63) is 60.2 Å². The Labute approximate surface area is 147 Å². The fraction of sp³-hybridized carbons (Fsp3) is 0.238. The molecule has 0 saturated heterocycles. The highest BCUT2D eigenvalue weighted by Crippen LogP contribution is 2.31. The second kappa shape index (κ2) is 6.20. The molecule has 3 aromatic rings. The lowest BCUT2D eigenvalue weighted by molar-refractivity contribution is 0.101. The minimum absolute atomic E-state index is 0.0541. The summed E-state index contributed by atoms with van der Waals surface area (Å²) in [4.78, 5) is 18.3. The molecule has 0 radical (unpaired) electrons. The zero-order valence-corrected chi connectivity index (χ0v) is 14.4. The van der Waals surface area contributed by atoms with Crippen LogP contribution in [0.2, 0.25) is 0 Å². The van der Waals surface area contributed by atoms with Gasteiger partial charge in [0.2, 0.25) is 5.88 Å². The summed E-state index contributed by atoms with van der Waals surface area (Å²) < 4.78 is 5.88. The van der Waals surface area contributed by atoms with Gasteiger partial charge in [-0.3, -0.25) is 4.79 Å². The van der Waals surface area contributed by atoms with E-state index in [1.54, 1.807) is 13.0 Å². The van der Waals surface area contributed by atoms with E-state index in [1.807, 2.05) is 36.4 Å². The summed E-state index contributed by atoms with van der Waals surface area (Å²) in [5.74, 6) is 1.37. The molecule has 126 valence electrons. The van der Waals surface area contributed by atoms with Crippen molar-refractivity contribution in [1.29, 1.82) is 0 Å². The average Bonchev–Trinajstić information content (AvgIpc) is 3.46. The van der Waals surface area contributed by atoms with Crippen LogP contribution in [0.25, 0.3) is 10.9 Å². The molecule has 1 fully saturated rings. The van der Waals surface area contributed by atoms with Crippen LogP contribution in [0.5, 0.6) is 11.6 Å². The highest BCUT2D eigenvalue weighted by atomic mass is 16.5. The van der Waals surface area contributed by atoms with E-state index in [9.17, 15) is 4.79 Å². The molecule has 0 amide bonds. The van der Waals surface area contributed by atoms with E-state index >= 15 is 0 Å². The number of carbonyl (C=O) groups excluding carboxylic acids is 1. The van der Waals surface area contributed by atoms with E-state index in [0.29, 0.717) is 17.5 Å². The predicted octanol–water partition coefficient (Wildman–Crippen LogP) is 4.83. The molecule has 2 aromatic carbocycles. The third kappa shape index (κ3) is 3.33. The Morgan fingerprint density at radius 3 is 2.52 bits per heavy atom. The van der Waals surface area contributed by atoms with Gasteiger partial charge in [0, 0.05) is 35.8 Å². The number of aromatic nitrogens is 1. The van der Waals surface area contributed by atoms with Crippen molar-refractivity contribution < 1.29 is 9.53 Å². The Kier molecular flexibility index (Phi) is 3.88. The molecule has 0 bridgehead atoms. The van der Waals surface area contributed by atoms with Crippen molar-refractivity contribution in [3.63, 3.8) is 0 Å². The van der Waals surface area contributed by atoms with E-state index in [2.05, 4.69) is 29.1 Å². The maximum absolute atomic E-state index is 11.5. The van der Waals surface area contributed by atoms with Gasteiger partial charge in [-0.25, -0.2) is 4.98 Å². The van der Waals surface area contributed by atoms with Crippen molar-refractivity contribution in [2.45, 2.75) is 25.8 Å². The number of anilines is 1. The maximum Gasteiger partial charge on any atom is 0.219 e. The van der Waals surface area contributed by atoms with E-state index in [0.717, 1.165) is 16.7 Å². The van der Waals surface area contributed by atoms with Crippen LogP contribution in [-0.2, 0) is 0 Å². The molecule has 0 spiro atoms. The SMILES string of the molecule is CC(=O)c1ccc2nc(Oc3ccc(N(C)C4CC4)cc3)ccc2c1. The van der Waals surface area contributed by atoms with Crippen LogP contribution in [0.15, 0.2) is 54.6 Å². The number of fused-ring (bicyclic) bond motifs is 1. The number of ether oxygens (including phenoxy) is 1. The molecule has 4 rings (SSSR count). The number of ketones is 1. The highest BCUT2D eigenvalue weighted by Gasteiger charge is 2.26. The third-order valence-electron chi connectivity index (χ3n) is 4.63. The van der Waals surface area contributed by atoms with Crippen LogP contribution in [-0.4, -0.2) is 23.9 Å². The number of hydrogen-bond acceptors (Lipinski definition) is 4. The number of Topliss-reactive ketones (excluding diaryl/α,β-unsaturated/α-hetero) is 1. The number of pyridine rings is 1. The molecule has 1 aliphatic rings. The molecule has 0 aliphatic heterocycles. The number of hydrogen-bond donors (Lipinski definition) is 0. The molecule has 0 unspecified atom stereocenters. The van der Waals surface area contributed by atoms with Gasteiger partial charge in [-0.15, -0.1) is 0 Å². The molecule has 0 N–H and O–H groups in total. The lowest BCUT2D eigenvalue weighted by atomic mass is 10.1. The van der Waals surface area contributed by atoms with Crippen molar-refractivity contribution in [1.82, 2.24) is 4.98 Å². The second-order valence-corrected chi connectivity index (χ2v) is 6.55. The first-order valence-corrected chi connectivity index (χ1v) is 8.53. The van der Waals surface area contributed by atoms with Crippen LogP contribution in [0, 0.1) is 0 Å². The Balaban J connectivity index is 1.53. The maximum atomic E-state index is 11.5. The Bertz CT molecular complexity index is 930. The molecule has 25 heavy (non-hydrogen) atoms. The van der Waals surface area contributed by atoms with Crippen LogP contribution in [0.1, 0.15) is 30.1 Å². The van der Waals surface area contributed by atoms with E-state index in [1.165, 1.54) is 18.5 Å². The Morgan fingerprint density at radius 2 is 1.84 bits per heavy atom. The van der Waals surface area contributed by atoms with Crippen LogP contribution < -0.4 is 9.64 Å². The summed E-state index contributed by atoms with van der Waals surface area (Å²) >= 11 is 0. The first kappa shape index (κ1) is 15.6. The van der Waals surface area contributed by atoms with Crippen LogP contribution in [0.3, 0.4) is 0 Å². The molecule has 0 atom stereocenters. The summed E-state index contributed by atoms with van der Waals surface area (Å²) in [7, 11) is 2.13. The Hall–Kier alpha value is -2.88. The highest BCUT2D eigenvalue weighted by molar-refractivity contribution is 5.97. The molecule has 1 aromatic heterocycles. The third-order valence-corrected chi connectivity index (χ3v) is 4.63. The van der Waals surface area contributed by atoms with Gasteiger partial charge in [0.05, 0.1) is 5.52 Å². The molecule has 4 heteroatoms. The first-order valence-electron chi connectivity index (χ1n) is 8.53. The predicted molar refractivity (Wildman–Crippen MR) is 99.7 cm³/mol. The lowest BCUT2D eigenvalue weighted by Gasteiger charge is -2.18. The zero-order valence-electron chi connectivity index (χ0n) is 14.4. The summed E-state index contributed by atoms with van der Waals surface area (Å²) in [6, 6.07) is 18.1. The standard InChI is InChI=1S/C21H20N2O2/c1-14(24)15-3-11-20-16(13-15)4-12-21(22-20)25-19-9-7-18(8-10-19)23(2)17-5-6-17/h3-4,7-13,17H,5-6H2,1-2H3. The summed E-state index contributed by atoms with van der Waals surface area (Å²) in [5, 5.41) is 0.932. The van der Waals surface area contributed by atoms with Gasteiger partial charge in [0.25, 0.3) is 0 Å². The molecule has 1 heterocycles.